The Morgan fingerprint density at radius 3 is 2.59 bits per heavy atom. The number of carboxylic acids is 1. The molecule has 0 unspecified atom stereocenters. The minimum Gasteiger partial charge on any atom is -0.478 e. The Kier molecular flexibility index (Phi) is 3.42. The summed E-state index contributed by atoms with van der Waals surface area (Å²) in [6, 6.07) is 15.2. The van der Waals surface area contributed by atoms with Crippen LogP contribution in [0.25, 0.3) is 10.8 Å². The van der Waals surface area contributed by atoms with Crippen LogP contribution >= 0.6 is 0 Å². The van der Waals surface area contributed by atoms with E-state index in [-0.39, 0.29) is 5.56 Å². The summed E-state index contributed by atoms with van der Waals surface area (Å²) < 4.78 is 5.71. The number of aromatic nitrogens is 1. The van der Waals surface area contributed by atoms with Gasteiger partial charge in [0.15, 0.2) is 0 Å². The number of nitrogens with zero attached hydrogens (tertiary/aromatic N) is 2. The zero-order valence-electron chi connectivity index (χ0n) is 11.4. The zero-order valence-corrected chi connectivity index (χ0v) is 11.4. The summed E-state index contributed by atoms with van der Waals surface area (Å²) in [7, 11) is 0. The molecule has 3 rings (SSSR count). The minimum absolute atomic E-state index is 0.192. The van der Waals surface area contributed by atoms with Crippen molar-refractivity contribution < 1.29 is 14.6 Å². The van der Waals surface area contributed by atoms with Gasteiger partial charge in [-0.1, -0.05) is 0 Å². The Balaban J connectivity index is 1.97. The molecule has 1 N–H and O–H groups in total. The molecule has 0 saturated carbocycles. The van der Waals surface area contributed by atoms with Gasteiger partial charge in [0.2, 0.25) is 5.88 Å². The highest BCUT2D eigenvalue weighted by Gasteiger charge is 2.07. The van der Waals surface area contributed by atoms with Gasteiger partial charge in [-0.05, 0) is 53.9 Å². The fraction of sp³-hybridized carbons (Fsp3) is 0. The van der Waals surface area contributed by atoms with Crippen molar-refractivity contribution in [2.75, 3.05) is 0 Å². The van der Waals surface area contributed by atoms with Crippen molar-refractivity contribution in [3.8, 4) is 17.7 Å². The van der Waals surface area contributed by atoms with E-state index in [1.807, 2.05) is 0 Å². The molecule has 0 atom stereocenters. The van der Waals surface area contributed by atoms with Crippen molar-refractivity contribution >= 4 is 16.7 Å². The number of carboxylic acid groups (broad SMARTS) is 1. The summed E-state index contributed by atoms with van der Waals surface area (Å²) in [5, 5.41) is 19.4. The molecule has 1 aromatic heterocycles. The van der Waals surface area contributed by atoms with Crippen molar-refractivity contribution in [3.63, 3.8) is 0 Å². The van der Waals surface area contributed by atoms with Crippen molar-refractivity contribution in [1.82, 2.24) is 4.98 Å². The molecule has 0 fully saturated rings. The third-order valence-electron chi connectivity index (χ3n) is 3.17. The van der Waals surface area contributed by atoms with E-state index in [1.165, 1.54) is 12.1 Å². The number of carbonyl (C=O) groups is 1. The maximum Gasteiger partial charge on any atom is 0.335 e. The van der Waals surface area contributed by atoms with Crippen LogP contribution in [0, 0.1) is 11.3 Å². The standard InChI is InChI=1S/C17H10N2O3/c18-10-11-1-6-15-13(9-11)7-8-19-16(15)22-14-4-2-12(3-5-14)17(20)21/h1-9H,(H,20,21). The summed E-state index contributed by atoms with van der Waals surface area (Å²) in [5.74, 6) is -0.0849. The first-order chi connectivity index (χ1) is 10.7. The number of hydrogen-bond acceptors (Lipinski definition) is 4. The molecule has 3 aromatic rings. The van der Waals surface area contributed by atoms with Crippen LogP contribution in [-0.2, 0) is 0 Å². The lowest BCUT2D eigenvalue weighted by Crippen LogP contribution is -1.95. The third-order valence-corrected chi connectivity index (χ3v) is 3.17. The molecule has 0 radical (unpaired) electrons. The molecule has 106 valence electrons. The van der Waals surface area contributed by atoms with Gasteiger partial charge in [-0.15, -0.1) is 0 Å². The zero-order chi connectivity index (χ0) is 15.5. The molecule has 0 amide bonds. The Bertz CT molecular complexity index is 896. The number of benzene rings is 2. The predicted octanol–water partition coefficient (Wildman–Crippen LogP) is 3.60. The normalized spacial score (nSPS) is 10.1. The van der Waals surface area contributed by atoms with Gasteiger partial charge < -0.3 is 9.84 Å². The maximum atomic E-state index is 10.8. The van der Waals surface area contributed by atoms with E-state index in [1.54, 1.807) is 42.6 Å². The molecule has 0 saturated heterocycles. The topological polar surface area (TPSA) is 83.2 Å². The van der Waals surface area contributed by atoms with E-state index < -0.39 is 5.97 Å². The Hall–Kier alpha value is -3.39. The van der Waals surface area contributed by atoms with Crippen molar-refractivity contribution in [2.45, 2.75) is 0 Å². The second-order valence-electron chi connectivity index (χ2n) is 4.60. The highest BCUT2D eigenvalue weighted by molar-refractivity contribution is 5.88. The minimum atomic E-state index is -0.987. The predicted molar refractivity (Wildman–Crippen MR) is 79.9 cm³/mol. The van der Waals surface area contributed by atoms with Gasteiger partial charge in [0.1, 0.15) is 5.75 Å². The quantitative estimate of drug-likeness (QED) is 0.796. The summed E-state index contributed by atoms with van der Waals surface area (Å²) in [4.78, 5) is 15.0. The molecule has 0 aliphatic carbocycles. The van der Waals surface area contributed by atoms with Crippen LogP contribution in [0.5, 0.6) is 11.6 Å². The van der Waals surface area contributed by atoms with Crippen LogP contribution < -0.4 is 4.74 Å². The number of rotatable bonds is 3. The molecule has 0 bridgehead atoms. The van der Waals surface area contributed by atoms with Crippen LogP contribution in [0.4, 0.5) is 0 Å². The van der Waals surface area contributed by atoms with Gasteiger partial charge in [0.25, 0.3) is 0 Å². The number of nitriles is 1. The monoisotopic (exact) mass is 290 g/mol. The molecule has 22 heavy (non-hydrogen) atoms. The van der Waals surface area contributed by atoms with Crippen LogP contribution in [0.1, 0.15) is 15.9 Å². The lowest BCUT2D eigenvalue weighted by molar-refractivity contribution is 0.0697. The molecular weight excluding hydrogens is 280 g/mol. The average Bonchev–Trinajstić information content (AvgIpc) is 2.55. The Morgan fingerprint density at radius 1 is 1.14 bits per heavy atom. The van der Waals surface area contributed by atoms with E-state index in [0.717, 1.165) is 10.8 Å². The molecule has 5 nitrogen and oxygen atoms in total. The fourth-order valence-corrected chi connectivity index (χ4v) is 2.08. The summed E-state index contributed by atoms with van der Waals surface area (Å²) in [5.41, 5.74) is 0.757. The number of pyridine rings is 1. The smallest absolute Gasteiger partial charge is 0.335 e. The van der Waals surface area contributed by atoms with E-state index in [2.05, 4.69) is 11.1 Å². The molecule has 5 heteroatoms. The molecule has 0 spiro atoms. The molecule has 1 heterocycles. The lowest BCUT2D eigenvalue weighted by atomic mass is 10.1. The van der Waals surface area contributed by atoms with Crippen molar-refractivity contribution in [2.24, 2.45) is 0 Å². The van der Waals surface area contributed by atoms with Gasteiger partial charge in [0, 0.05) is 11.6 Å². The number of fused-ring (bicyclic) bond motifs is 1. The van der Waals surface area contributed by atoms with Crippen molar-refractivity contribution in [1.29, 1.82) is 5.26 Å². The number of hydrogen-bond donors (Lipinski definition) is 1. The van der Waals surface area contributed by atoms with E-state index >= 15 is 0 Å². The summed E-state index contributed by atoms with van der Waals surface area (Å²) in [6.45, 7) is 0. The molecule has 0 aliphatic heterocycles. The van der Waals surface area contributed by atoms with Gasteiger partial charge in [-0.2, -0.15) is 5.26 Å². The highest BCUT2D eigenvalue weighted by atomic mass is 16.5. The van der Waals surface area contributed by atoms with Crippen LogP contribution in [-0.4, -0.2) is 16.1 Å². The Labute approximate surface area is 126 Å². The maximum absolute atomic E-state index is 10.8. The van der Waals surface area contributed by atoms with Crippen molar-refractivity contribution in [3.05, 3.63) is 65.9 Å². The Morgan fingerprint density at radius 2 is 1.91 bits per heavy atom. The number of aromatic carboxylic acids is 1. The van der Waals surface area contributed by atoms with Gasteiger partial charge in [0.05, 0.1) is 17.2 Å². The van der Waals surface area contributed by atoms with Crippen LogP contribution in [0.2, 0.25) is 0 Å². The van der Waals surface area contributed by atoms with Crippen LogP contribution in [0.3, 0.4) is 0 Å². The van der Waals surface area contributed by atoms with Gasteiger partial charge >= 0.3 is 5.97 Å². The third kappa shape index (κ3) is 2.58. The molecular formula is C17H10N2O3. The first kappa shape index (κ1) is 13.6. The number of ether oxygens (including phenoxy) is 1. The first-order valence-electron chi connectivity index (χ1n) is 6.47. The average molecular weight is 290 g/mol. The SMILES string of the molecule is N#Cc1ccc2c(Oc3ccc(C(=O)O)cc3)nccc2c1. The van der Waals surface area contributed by atoms with E-state index in [4.69, 9.17) is 15.1 Å². The largest absolute Gasteiger partial charge is 0.478 e. The molecule has 0 aliphatic rings. The second kappa shape index (κ2) is 5.54. The van der Waals surface area contributed by atoms with E-state index in [9.17, 15) is 4.79 Å². The first-order valence-corrected chi connectivity index (χ1v) is 6.47. The lowest BCUT2D eigenvalue weighted by Gasteiger charge is -2.08. The van der Waals surface area contributed by atoms with Gasteiger partial charge in [-0.25, -0.2) is 9.78 Å². The summed E-state index contributed by atoms with van der Waals surface area (Å²) >= 11 is 0. The van der Waals surface area contributed by atoms with E-state index in [0.29, 0.717) is 17.2 Å². The summed E-state index contributed by atoms with van der Waals surface area (Å²) in [6.07, 6.45) is 1.60. The van der Waals surface area contributed by atoms with Gasteiger partial charge in [-0.3, -0.25) is 0 Å². The second-order valence-corrected chi connectivity index (χ2v) is 4.60. The van der Waals surface area contributed by atoms with Crippen LogP contribution in [0.15, 0.2) is 54.7 Å². The molecule has 2 aromatic carbocycles. The fourth-order valence-electron chi connectivity index (χ4n) is 2.08. The highest BCUT2D eigenvalue weighted by Crippen LogP contribution is 2.28.